The maximum absolute atomic E-state index is 13.3. The number of aliphatic carboxylic acids is 1. The van der Waals surface area contributed by atoms with Gasteiger partial charge in [0.2, 0.25) is 0 Å². The minimum Gasteiger partial charge on any atom is -0.481 e. The molecule has 1 aromatic rings. The van der Waals surface area contributed by atoms with E-state index in [0.717, 1.165) is 6.42 Å². The highest BCUT2D eigenvalue weighted by Crippen LogP contribution is 2.09. The van der Waals surface area contributed by atoms with Crippen LogP contribution < -0.4 is 5.32 Å². The fourth-order valence-electron chi connectivity index (χ4n) is 1.62. The van der Waals surface area contributed by atoms with Gasteiger partial charge in [0.25, 0.3) is 5.91 Å². The van der Waals surface area contributed by atoms with Crippen molar-refractivity contribution in [3.05, 3.63) is 35.1 Å². The van der Waals surface area contributed by atoms with E-state index < -0.39 is 11.8 Å². The molecular weight excluding hydrogens is 249 g/mol. The lowest BCUT2D eigenvalue weighted by Crippen LogP contribution is -2.24. The van der Waals surface area contributed by atoms with Crippen LogP contribution in [0.4, 0.5) is 4.39 Å². The Balaban J connectivity index is 2.27. The maximum atomic E-state index is 13.3. The lowest BCUT2D eigenvalue weighted by atomic mass is 10.1. The molecule has 0 radical (unpaired) electrons. The van der Waals surface area contributed by atoms with E-state index >= 15 is 0 Å². The van der Waals surface area contributed by atoms with Crippen molar-refractivity contribution >= 4 is 11.9 Å². The third kappa shape index (κ3) is 5.50. The third-order valence-corrected chi connectivity index (χ3v) is 2.79. The number of nitrogens with one attached hydrogen (secondary N) is 1. The van der Waals surface area contributed by atoms with Crippen LogP contribution in [-0.2, 0) is 4.79 Å². The van der Waals surface area contributed by atoms with Crippen LogP contribution >= 0.6 is 0 Å². The van der Waals surface area contributed by atoms with Crippen LogP contribution in [0.1, 0.15) is 41.6 Å². The molecule has 19 heavy (non-hydrogen) atoms. The highest BCUT2D eigenvalue weighted by molar-refractivity contribution is 5.94. The molecule has 0 spiro atoms. The lowest BCUT2D eigenvalue weighted by molar-refractivity contribution is -0.137. The fraction of sp³-hybridized carbons (Fsp3) is 0.429. The second kappa shape index (κ2) is 7.51. The monoisotopic (exact) mass is 267 g/mol. The largest absolute Gasteiger partial charge is 0.481 e. The molecule has 0 saturated heterocycles. The summed E-state index contributed by atoms with van der Waals surface area (Å²) in [6.07, 6.45) is 2.21. The summed E-state index contributed by atoms with van der Waals surface area (Å²) in [4.78, 5) is 22.0. The SMILES string of the molecule is Cc1ccc(C(=O)NCCCCCC(=O)O)cc1F. The van der Waals surface area contributed by atoms with Gasteiger partial charge >= 0.3 is 5.97 Å². The number of carbonyl (C=O) groups excluding carboxylic acids is 1. The van der Waals surface area contributed by atoms with Gasteiger partial charge < -0.3 is 10.4 Å². The quantitative estimate of drug-likeness (QED) is 0.746. The van der Waals surface area contributed by atoms with E-state index in [4.69, 9.17) is 5.11 Å². The average Bonchev–Trinajstić information content (AvgIpc) is 2.36. The van der Waals surface area contributed by atoms with E-state index in [1.54, 1.807) is 19.1 Å². The van der Waals surface area contributed by atoms with Crippen molar-refractivity contribution in [3.63, 3.8) is 0 Å². The molecule has 0 bridgehead atoms. The van der Waals surface area contributed by atoms with E-state index in [1.165, 1.54) is 6.07 Å². The van der Waals surface area contributed by atoms with Gasteiger partial charge in [-0.3, -0.25) is 9.59 Å². The van der Waals surface area contributed by atoms with Crippen molar-refractivity contribution in [1.82, 2.24) is 5.32 Å². The minimum atomic E-state index is -0.806. The van der Waals surface area contributed by atoms with Crippen molar-refractivity contribution in [1.29, 1.82) is 0 Å². The maximum Gasteiger partial charge on any atom is 0.303 e. The Morgan fingerprint density at radius 1 is 1.26 bits per heavy atom. The van der Waals surface area contributed by atoms with Gasteiger partial charge in [0.05, 0.1) is 0 Å². The molecule has 2 N–H and O–H groups in total. The zero-order valence-corrected chi connectivity index (χ0v) is 10.9. The van der Waals surface area contributed by atoms with Gasteiger partial charge in [-0.05, 0) is 37.5 Å². The first-order valence-electron chi connectivity index (χ1n) is 6.27. The Morgan fingerprint density at radius 3 is 2.63 bits per heavy atom. The molecule has 0 fully saturated rings. The molecule has 4 nitrogen and oxygen atoms in total. The van der Waals surface area contributed by atoms with E-state index in [-0.39, 0.29) is 12.3 Å². The summed E-state index contributed by atoms with van der Waals surface area (Å²) in [5.41, 5.74) is 0.804. The Labute approximate surface area is 111 Å². The zero-order valence-electron chi connectivity index (χ0n) is 10.9. The Hall–Kier alpha value is -1.91. The average molecular weight is 267 g/mol. The van der Waals surface area contributed by atoms with E-state index in [2.05, 4.69) is 5.32 Å². The topological polar surface area (TPSA) is 66.4 Å². The lowest BCUT2D eigenvalue weighted by Gasteiger charge is -2.06. The fourth-order valence-corrected chi connectivity index (χ4v) is 1.62. The Bertz CT molecular complexity index is 460. The first kappa shape index (κ1) is 15.1. The molecule has 5 heteroatoms. The van der Waals surface area contributed by atoms with E-state index in [0.29, 0.717) is 30.5 Å². The predicted molar refractivity (Wildman–Crippen MR) is 69.6 cm³/mol. The first-order chi connectivity index (χ1) is 9.00. The molecule has 1 aromatic carbocycles. The second-order valence-electron chi connectivity index (χ2n) is 4.42. The van der Waals surface area contributed by atoms with Gasteiger partial charge in [0.1, 0.15) is 5.82 Å². The number of unbranched alkanes of at least 4 members (excludes halogenated alkanes) is 2. The number of carboxylic acid groups (broad SMARTS) is 1. The smallest absolute Gasteiger partial charge is 0.303 e. The molecule has 0 aliphatic rings. The van der Waals surface area contributed by atoms with Crippen LogP contribution in [0.3, 0.4) is 0 Å². The summed E-state index contributed by atoms with van der Waals surface area (Å²) in [6, 6.07) is 4.37. The number of amides is 1. The third-order valence-electron chi connectivity index (χ3n) is 2.79. The summed E-state index contributed by atoms with van der Waals surface area (Å²) >= 11 is 0. The van der Waals surface area contributed by atoms with Gasteiger partial charge in [0.15, 0.2) is 0 Å². The molecular formula is C14H18FNO3. The highest BCUT2D eigenvalue weighted by atomic mass is 19.1. The molecule has 0 heterocycles. The summed E-state index contributed by atoms with van der Waals surface area (Å²) in [7, 11) is 0. The summed E-state index contributed by atoms with van der Waals surface area (Å²) in [5.74, 6) is -1.51. The number of carboxylic acids is 1. The van der Waals surface area contributed by atoms with Gasteiger partial charge in [-0.2, -0.15) is 0 Å². The number of aryl methyl sites for hydroxylation is 1. The van der Waals surface area contributed by atoms with Crippen molar-refractivity contribution in [2.75, 3.05) is 6.54 Å². The summed E-state index contributed by atoms with van der Waals surface area (Å²) < 4.78 is 13.3. The second-order valence-corrected chi connectivity index (χ2v) is 4.42. The predicted octanol–water partition coefficient (Wildman–Crippen LogP) is 2.51. The molecule has 1 amide bonds. The normalized spacial score (nSPS) is 10.2. The van der Waals surface area contributed by atoms with E-state index in [9.17, 15) is 14.0 Å². The summed E-state index contributed by atoms with van der Waals surface area (Å²) in [5, 5.41) is 11.1. The van der Waals surface area contributed by atoms with Crippen LogP contribution in [0.15, 0.2) is 18.2 Å². The van der Waals surface area contributed by atoms with Crippen molar-refractivity contribution in [2.45, 2.75) is 32.6 Å². The number of carbonyl (C=O) groups is 2. The summed E-state index contributed by atoms with van der Waals surface area (Å²) in [6.45, 7) is 2.10. The molecule has 0 atom stereocenters. The molecule has 104 valence electrons. The van der Waals surface area contributed by atoms with Gasteiger partial charge in [0, 0.05) is 18.5 Å². The first-order valence-corrected chi connectivity index (χ1v) is 6.27. The number of benzene rings is 1. The number of hydrogen-bond acceptors (Lipinski definition) is 2. The molecule has 1 rings (SSSR count). The van der Waals surface area contributed by atoms with Crippen LogP contribution in [0, 0.1) is 12.7 Å². The van der Waals surface area contributed by atoms with Gasteiger partial charge in [-0.25, -0.2) is 4.39 Å². The molecule has 0 saturated carbocycles. The highest BCUT2D eigenvalue weighted by Gasteiger charge is 2.07. The van der Waals surface area contributed by atoms with Gasteiger partial charge in [-0.1, -0.05) is 12.5 Å². The molecule has 0 aliphatic carbocycles. The number of hydrogen-bond donors (Lipinski definition) is 2. The van der Waals surface area contributed by atoms with Crippen molar-refractivity contribution in [2.24, 2.45) is 0 Å². The van der Waals surface area contributed by atoms with Crippen molar-refractivity contribution < 1.29 is 19.1 Å². The molecule has 0 aliphatic heterocycles. The van der Waals surface area contributed by atoms with Crippen LogP contribution in [0.2, 0.25) is 0 Å². The van der Waals surface area contributed by atoms with Gasteiger partial charge in [-0.15, -0.1) is 0 Å². The Kier molecular flexibility index (Phi) is 5.99. The Morgan fingerprint density at radius 2 is 2.00 bits per heavy atom. The standard InChI is InChI=1S/C14H18FNO3/c1-10-6-7-11(9-12(10)15)14(19)16-8-4-2-3-5-13(17)18/h6-7,9H,2-5,8H2,1H3,(H,16,19)(H,17,18). The number of halogens is 1. The molecule has 0 unspecified atom stereocenters. The van der Waals surface area contributed by atoms with Crippen LogP contribution in [0.5, 0.6) is 0 Å². The van der Waals surface area contributed by atoms with Crippen molar-refractivity contribution in [3.8, 4) is 0 Å². The number of rotatable bonds is 7. The molecule has 0 aromatic heterocycles. The zero-order chi connectivity index (χ0) is 14.3. The van der Waals surface area contributed by atoms with E-state index in [1.807, 2.05) is 0 Å². The van der Waals surface area contributed by atoms with Crippen LogP contribution in [-0.4, -0.2) is 23.5 Å². The van der Waals surface area contributed by atoms with Crippen LogP contribution in [0.25, 0.3) is 0 Å². The minimum absolute atomic E-state index is 0.150.